The Bertz CT molecular complexity index is 232. The van der Waals surface area contributed by atoms with Crippen LogP contribution in [0.25, 0.3) is 0 Å². The highest BCUT2D eigenvalue weighted by molar-refractivity contribution is 5.78. The second-order valence-electron chi connectivity index (χ2n) is 4.08. The summed E-state index contributed by atoms with van der Waals surface area (Å²) in [6, 6.07) is 2.34. The van der Waals surface area contributed by atoms with Crippen molar-refractivity contribution in [3.8, 4) is 6.07 Å². The summed E-state index contributed by atoms with van der Waals surface area (Å²) in [5, 5.41) is 11.5. The molecular weight excluding hydrogens is 190 g/mol. The van der Waals surface area contributed by atoms with E-state index < -0.39 is 0 Å². The van der Waals surface area contributed by atoms with Gasteiger partial charge < -0.3 is 5.32 Å². The molecule has 1 N–H and O–H groups in total. The van der Waals surface area contributed by atoms with Crippen LogP contribution in [-0.2, 0) is 4.79 Å². The molecule has 0 rings (SSSR count). The van der Waals surface area contributed by atoms with Crippen LogP contribution in [0.3, 0.4) is 0 Å². The number of amides is 1. The number of likely N-dealkylation sites (N-methyl/N-ethyl adjacent to an activating group) is 1. The summed E-state index contributed by atoms with van der Waals surface area (Å²) in [5.74, 6) is -0.00575. The Labute approximate surface area is 92.3 Å². The van der Waals surface area contributed by atoms with E-state index >= 15 is 0 Å². The van der Waals surface area contributed by atoms with Crippen molar-refractivity contribution in [2.24, 2.45) is 5.92 Å². The monoisotopic (exact) mass is 211 g/mol. The SMILES string of the molecule is CCN(CC(=O)NC(C)C)CC(C)C#N. The van der Waals surface area contributed by atoms with E-state index in [0.717, 1.165) is 6.54 Å². The fourth-order valence-electron chi connectivity index (χ4n) is 1.30. The van der Waals surface area contributed by atoms with Gasteiger partial charge in [-0.2, -0.15) is 5.26 Å². The lowest BCUT2D eigenvalue weighted by Gasteiger charge is -2.21. The van der Waals surface area contributed by atoms with Gasteiger partial charge in [-0.15, -0.1) is 0 Å². The average molecular weight is 211 g/mol. The number of nitrogens with one attached hydrogen (secondary N) is 1. The normalized spacial score (nSPS) is 12.6. The van der Waals surface area contributed by atoms with Gasteiger partial charge in [0.2, 0.25) is 5.91 Å². The molecule has 0 aromatic rings. The molecule has 1 unspecified atom stereocenters. The molecule has 0 aliphatic carbocycles. The van der Waals surface area contributed by atoms with Gasteiger partial charge >= 0.3 is 0 Å². The summed E-state index contributed by atoms with van der Waals surface area (Å²) < 4.78 is 0. The Balaban J connectivity index is 3.99. The third kappa shape index (κ3) is 6.92. The lowest BCUT2D eigenvalue weighted by Crippen LogP contribution is -2.41. The highest BCUT2D eigenvalue weighted by atomic mass is 16.2. The Morgan fingerprint density at radius 3 is 2.47 bits per heavy atom. The van der Waals surface area contributed by atoms with Gasteiger partial charge in [-0.1, -0.05) is 6.92 Å². The fourth-order valence-corrected chi connectivity index (χ4v) is 1.30. The molecule has 0 fully saturated rings. The summed E-state index contributed by atoms with van der Waals surface area (Å²) >= 11 is 0. The second kappa shape index (κ2) is 7.24. The Hall–Kier alpha value is -1.08. The molecular formula is C11H21N3O. The number of rotatable bonds is 6. The molecule has 0 heterocycles. The third-order valence-corrected chi connectivity index (χ3v) is 2.02. The van der Waals surface area contributed by atoms with Crippen LogP contribution < -0.4 is 5.32 Å². The van der Waals surface area contributed by atoms with Crippen molar-refractivity contribution in [3.05, 3.63) is 0 Å². The van der Waals surface area contributed by atoms with Gasteiger partial charge in [0.05, 0.1) is 18.5 Å². The fraction of sp³-hybridized carbons (Fsp3) is 0.818. The molecule has 0 radical (unpaired) electrons. The number of nitrogens with zero attached hydrogens (tertiary/aromatic N) is 2. The molecule has 0 spiro atoms. The van der Waals surface area contributed by atoms with Gasteiger partial charge in [-0.3, -0.25) is 9.69 Å². The maximum Gasteiger partial charge on any atom is 0.234 e. The minimum absolute atomic E-state index is 0.0250. The summed E-state index contributed by atoms with van der Waals surface area (Å²) in [4.78, 5) is 13.4. The molecule has 4 nitrogen and oxygen atoms in total. The Morgan fingerprint density at radius 1 is 1.47 bits per heavy atom. The summed E-state index contributed by atoms with van der Waals surface area (Å²) in [6.45, 7) is 9.55. The van der Waals surface area contributed by atoms with Crippen LogP contribution in [0.1, 0.15) is 27.7 Å². The molecule has 0 aliphatic rings. The van der Waals surface area contributed by atoms with Crippen LogP contribution in [-0.4, -0.2) is 36.5 Å². The van der Waals surface area contributed by atoms with Gasteiger partial charge in [-0.05, 0) is 27.3 Å². The van der Waals surface area contributed by atoms with Crippen molar-refractivity contribution < 1.29 is 4.79 Å². The first-order chi connectivity index (χ1) is 6.99. The zero-order chi connectivity index (χ0) is 11.8. The minimum Gasteiger partial charge on any atom is -0.353 e. The van der Waals surface area contributed by atoms with Gasteiger partial charge in [0, 0.05) is 12.6 Å². The molecule has 0 bridgehead atoms. The van der Waals surface area contributed by atoms with E-state index in [9.17, 15) is 4.79 Å². The zero-order valence-electron chi connectivity index (χ0n) is 10.1. The van der Waals surface area contributed by atoms with E-state index in [1.807, 2.05) is 32.6 Å². The highest BCUT2D eigenvalue weighted by Crippen LogP contribution is 1.97. The zero-order valence-corrected chi connectivity index (χ0v) is 10.1. The smallest absolute Gasteiger partial charge is 0.234 e. The summed E-state index contributed by atoms with van der Waals surface area (Å²) in [5.41, 5.74) is 0. The van der Waals surface area contributed by atoms with Gasteiger partial charge in [0.25, 0.3) is 0 Å². The van der Waals surface area contributed by atoms with Crippen LogP contribution in [0.2, 0.25) is 0 Å². The van der Waals surface area contributed by atoms with E-state index in [2.05, 4.69) is 11.4 Å². The molecule has 0 saturated carbocycles. The Kier molecular flexibility index (Phi) is 6.72. The molecule has 0 aromatic carbocycles. The molecule has 1 atom stereocenters. The van der Waals surface area contributed by atoms with Crippen molar-refractivity contribution in [3.63, 3.8) is 0 Å². The van der Waals surface area contributed by atoms with Gasteiger partial charge in [0.15, 0.2) is 0 Å². The topological polar surface area (TPSA) is 56.1 Å². The number of nitriles is 1. The first kappa shape index (κ1) is 13.9. The van der Waals surface area contributed by atoms with E-state index in [0.29, 0.717) is 13.1 Å². The van der Waals surface area contributed by atoms with Crippen molar-refractivity contribution in [2.45, 2.75) is 33.7 Å². The molecule has 15 heavy (non-hydrogen) atoms. The first-order valence-electron chi connectivity index (χ1n) is 5.40. The molecule has 0 saturated heterocycles. The third-order valence-electron chi connectivity index (χ3n) is 2.02. The van der Waals surface area contributed by atoms with E-state index in [1.165, 1.54) is 0 Å². The molecule has 86 valence electrons. The second-order valence-corrected chi connectivity index (χ2v) is 4.08. The molecule has 1 amide bonds. The maximum absolute atomic E-state index is 11.5. The van der Waals surface area contributed by atoms with E-state index in [1.54, 1.807) is 0 Å². The average Bonchev–Trinajstić information content (AvgIpc) is 2.15. The van der Waals surface area contributed by atoms with Crippen LogP contribution in [0.15, 0.2) is 0 Å². The molecule has 4 heteroatoms. The summed E-state index contributed by atoms with van der Waals surface area (Å²) in [6.07, 6.45) is 0. The maximum atomic E-state index is 11.5. The lowest BCUT2D eigenvalue weighted by molar-refractivity contribution is -0.122. The minimum atomic E-state index is -0.0307. The van der Waals surface area contributed by atoms with Crippen molar-refractivity contribution >= 4 is 5.91 Å². The van der Waals surface area contributed by atoms with Crippen molar-refractivity contribution in [1.29, 1.82) is 5.26 Å². The Morgan fingerprint density at radius 2 is 2.07 bits per heavy atom. The van der Waals surface area contributed by atoms with Crippen LogP contribution in [0.4, 0.5) is 0 Å². The van der Waals surface area contributed by atoms with Crippen LogP contribution in [0.5, 0.6) is 0 Å². The van der Waals surface area contributed by atoms with E-state index in [4.69, 9.17) is 5.26 Å². The van der Waals surface area contributed by atoms with Crippen LogP contribution >= 0.6 is 0 Å². The number of hydrogen-bond acceptors (Lipinski definition) is 3. The van der Waals surface area contributed by atoms with Crippen molar-refractivity contribution in [1.82, 2.24) is 10.2 Å². The number of carbonyl (C=O) groups is 1. The predicted molar refractivity (Wildman–Crippen MR) is 60.2 cm³/mol. The van der Waals surface area contributed by atoms with E-state index in [-0.39, 0.29) is 17.9 Å². The number of hydrogen-bond donors (Lipinski definition) is 1. The van der Waals surface area contributed by atoms with Gasteiger partial charge in [-0.25, -0.2) is 0 Å². The predicted octanol–water partition coefficient (Wildman–Crippen LogP) is 0.993. The molecule has 0 aliphatic heterocycles. The van der Waals surface area contributed by atoms with Crippen molar-refractivity contribution in [2.75, 3.05) is 19.6 Å². The standard InChI is InChI=1S/C11H21N3O/c1-5-14(7-10(4)6-12)8-11(15)13-9(2)3/h9-10H,5,7-8H2,1-4H3,(H,13,15). The van der Waals surface area contributed by atoms with Crippen LogP contribution in [0, 0.1) is 17.2 Å². The highest BCUT2D eigenvalue weighted by Gasteiger charge is 2.12. The summed E-state index contributed by atoms with van der Waals surface area (Å²) in [7, 11) is 0. The number of carbonyl (C=O) groups excluding carboxylic acids is 1. The lowest BCUT2D eigenvalue weighted by atomic mass is 10.2. The first-order valence-corrected chi connectivity index (χ1v) is 5.40. The van der Waals surface area contributed by atoms with Gasteiger partial charge in [0.1, 0.15) is 0 Å². The molecule has 0 aromatic heterocycles. The quantitative estimate of drug-likeness (QED) is 0.713. The largest absolute Gasteiger partial charge is 0.353 e.